The minimum Gasteiger partial charge on any atom is -0.314 e. The Labute approximate surface area is 109 Å². The van der Waals surface area contributed by atoms with Crippen molar-refractivity contribution in [3.63, 3.8) is 0 Å². The van der Waals surface area contributed by atoms with Gasteiger partial charge in [0, 0.05) is 12.2 Å². The average Bonchev–Trinajstić information content (AvgIpc) is 2.34. The van der Waals surface area contributed by atoms with Gasteiger partial charge in [-0.3, -0.25) is 4.98 Å². The van der Waals surface area contributed by atoms with E-state index in [1.54, 1.807) is 18.3 Å². The number of aromatic nitrogens is 1. The largest absolute Gasteiger partial charge is 0.314 e. The Bertz CT molecular complexity index is 432. The second-order valence-corrected chi connectivity index (χ2v) is 6.35. The molecule has 0 atom stereocenters. The van der Waals surface area contributed by atoms with Crippen molar-refractivity contribution in [1.82, 2.24) is 15.0 Å². The van der Waals surface area contributed by atoms with Gasteiger partial charge in [0.15, 0.2) is 0 Å². The molecule has 0 radical (unpaired) electrons. The maximum atomic E-state index is 11.7. The molecule has 1 rings (SSSR count). The van der Waals surface area contributed by atoms with E-state index in [0.29, 0.717) is 19.0 Å². The van der Waals surface area contributed by atoms with Gasteiger partial charge in [0.05, 0.1) is 18.0 Å². The van der Waals surface area contributed by atoms with Gasteiger partial charge >= 0.3 is 0 Å². The maximum absolute atomic E-state index is 11.7. The molecule has 0 saturated carbocycles. The molecule has 18 heavy (non-hydrogen) atoms. The average molecular weight is 271 g/mol. The molecule has 0 aromatic carbocycles. The molecule has 0 saturated heterocycles. The fourth-order valence-corrected chi connectivity index (χ4v) is 2.45. The summed E-state index contributed by atoms with van der Waals surface area (Å²) in [5, 5.41) is 3.19. The standard InChI is InChI=1S/C12H21N3O2S/c1-11(2)13-8-5-9-18(16,17)15-10-12-6-3-4-7-14-12/h3-4,6-7,11,13,15H,5,8-10H2,1-2H3. The lowest BCUT2D eigenvalue weighted by molar-refractivity contribution is 0.560. The zero-order chi connectivity index (χ0) is 13.4. The topological polar surface area (TPSA) is 71.1 Å². The summed E-state index contributed by atoms with van der Waals surface area (Å²) < 4.78 is 25.9. The van der Waals surface area contributed by atoms with Crippen molar-refractivity contribution in [3.8, 4) is 0 Å². The van der Waals surface area contributed by atoms with Crippen LogP contribution in [0.5, 0.6) is 0 Å². The fourth-order valence-electron chi connectivity index (χ4n) is 1.41. The van der Waals surface area contributed by atoms with Crippen molar-refractivity contribution in [2.45, 2.75) is 32.9 Å². The summed E-state index contributed by atoms with van der Waals surface area (Å²) in [6.45, 7) is 5.03. The highest BCUT2D eigenvalue weighted by Crippen LogP contribution is 1.96. The van der Waals surface area contributed by atoms with E-state index >= 15 is 0 Å². The van der Waals surface area contributed by atoms with Crippen molar-refractivity contribution in [1.29, 1.82) is 0 Å². The first kappa shape index (κ1) is 15.1. The Morgan fingerprint density at radius 3 is 2.72 bits per heavy atom. The Kier molecular flexibility index (Phi) is 6.24. The molecule has 0 bridgehead atoms. The smallest absolute Gasteiger partial charge is 0.211 e. The van der Waals surface area contributed by atoms with Crippen LogP contribution in [0.2, 0.25) is 0 Å². The van der Waals surface area contributed by atoms with Crippen LogP contribution in [0.15, 0.2) is 24.4 Å². The number of rotatable bonds is 8. The molecule has 2 N–H and O–H groups in total. The summed E-state index contributed by atoms with van der Waals surface area (Å²) in [4.78, 5) is 4.06. The van der Waals surface area contributed by atoms with Gasteiger partial charge in [-0.05, 0) is 25.1 Å². The molecule has 1 aromatic heterocycles. The van der Waals surface area contributed by atoms with Crippen LogP contribution >= 0.6 is 0 Å². The Morgan fingerprint density at radius 1 is 1.33 bits per heavy atom. The molecule has 6 heteroatoms. The van der Waals surface area contributed by atoms with Gasteiger partial charge in [0.2, 0.25) is 10.0 Å². The molecule has 0 aliphatic rings. The molecule has 1 heterocycles. The number of hydrogen-bond donors (Lipinski definition) is 2. The molecular formula is C12H21N3O2S. The summed E-state index contributed by atoms with van der Waals surface area (Å²) in [5.74, 6) is 0.138. The van der Waals surface area contributed by atoms with Crippen LogP contribution in [-0.4, -0.2) is 31.7 Å². The number of pyridine rings is 1. The number of nitrogens with one attached hydrogen (secondary N) is 2. The third-order valence-electron chi connectivity index (χ3n) is 2.34. The van der Waals surface area contributed by atoms with Gasteiger partial charge in [-0.25, -0.2) is 13.1 Å². The first-order valence-electron chi connectivity index (χ1n) is 6.10. The minimum atomic E-state index is -3.21. The van der Waals surface area contributed by atoms with Gasteiger partial charge in [-0.1, -0.05) is 19.9 Å². The Hall–Kier alpha value is -0.980. The van der Waals surface area contributed by atoms with Crippen molar-refractivity contribution in [2.24, 2.45) is 0 Å². The van der Waals surface area contributed by atoms with Crippen molar-refractivity contribution in [3.05, 3.63) is 30.1 Å². The predicted octanol–water partition coefficient (Wildman–Crippen LogP) is 0.889. The Balaban J connectivity index is 2.28. The summed E-state index contributed by atoms with van der Waals surface area (Å²) in [6.07, 6.45) is 2.26. The van der Waals surface area contributed by atoms with Gasteiger partial charge in [-0.2, -0.15) is 0 Å². The van der Waals surface area contributed by atoms with Crippen LogP contribution in [0.3, 0.4) is 0 Å². The summed E-state index contributed by atoms with van der Waals surface area (Å²) >= 11 is 0. The quantitative estimate of drug-likeness (QED) is 0.689. The van der Waals surface area contributed by atoms with Crippen LogP contribution in [-0.2, 0) is 16.6 Å². The van der Waals surface area contributed by atoms with E-state index in [2.05, 4.69) is 15.0 Å². The van der Waals surface area contributed by atoms with Crippen molar-refractivity contribution in [2.75, 3.05) is 12.3 Å². The molecule has 102 valence electrons. The highest BCUT2D eigenvalue weighted by Gasteiger charge is 2.09. The van der Waals surface area contributed by atoms with Crippen LogP contribution in [0.4, 0.5) is 0 Å². The van der Waals surface area contributed by atoms with Crippen LogP contribution in [0.25, 0.3) is 0 Å². The molecule has 1 aromatic rings. The zero-order valence-corrected chi connectivity index (χ0v) is 11.7. The number of hydrogen-bond acceptors (Lipinski definition) is 4. The van der Waals surface area contributed by atoms with Crippen LogP contribution in [0, 0.1) is 0 Å². The van der Waals surface area contributed by atoms with Crippen LogP contribution in [0.1, 0.15) is 26.0 Å². The van der Waals surface area contributed by atoms with Gasteiger partial charge in [0.1, 0.15) is 0 Å². The summed E-state index contributed by atoms with van der Waals surface area (Å²) in [6, 6.07) is 5.82. The van der Waals surface area contributed by atoms with Gasteiger partial charge in [-0.15, -0.1) is 0 Å². The van der Waals surface area contributed by atoms with E-state index in [4.69, 9.17) is 0 Å². The molecular weight excluding hydrogens is 250 g/mol. The lowest BCUT2D eigenvalue weighted by Gasteiger charge is -2.09. The monoisotopic (exact) mass is 271 g/mol. The molecule has 0 spiro atoms. The van der Waals surface area contributed by atoms with E-state index in [9.17, 15) is 8.42 Å². The third kappa shape index (κ3) is 6.68. The van der Waals surface area contributed by atoms with Crippen LogP contribution < -0.4 is 10.0 Å². The summed E-state index contributed by atoms with van der Waals surface area (Å²) in [5.41, 5.74) is 0.724. The number of sulfonamides is 1. The highest BCUT2D eigenvalue weighted by molar-refractivity contribution is 7.89. The molecule has 0 unspecified atom stereocenters. The summed E-state index contributed by atoms with van der Waals surface area (Å²) in [7, 11) is -3.21. The highest BCUT2D eigenvalue weighted by atomic mass is 32.2. The first-order chi connectivity index (χ1) is 8.49. The van der Waals surface area contributed by atoms with Crippen molar-refractivity contribution < 1.29 is 8.42 Å². The lowest BCUT2D eigenvalue weighted by atomic mass is 10.4. The second-order valence-electron chi connectivity index (χ2n) is 4.42. The van der Waals surface area contributed by atoms with Crippen molar-refractivity contribution >= 4 is 10.0 Å². The normalized spacial score (nSPS) is 11.9. The SMILES string of the molecule is CC(C)NCCCS(=O)(=O)NCc1ccccn1. The van der Waals surface area contributed by atoms with E-state index in [-0.39, 0.29) is 12.3 Å². The minimum absolute atomic E-state index is 0.138. The van der Waals surface area contributed by atoms with E-state index in [1.165, 1.54) is 0 Å². The van der Waals surface area contributed by atoms with E-state index < -0.39 is 10.0 Å². The van der Waals surface area contributed by atoms with E-state index in [0.717, 1.165) is 5.69 Å². The third-order valence-corrected chi connectivity index (χ3v) is 3.75. The van der Waals surface area contributed by atoms with E-state index in [1.807, 2.05) is 19.9 Å². The fraction of sp³-hybridized carbons (Fsp3) is 0.583. The Morgan fingerprint density at radius 2 is 2.11 bits per heavy atom. The zero-order valence-electron chi connectivity index (χ0n) is 10.9. The molecule has 0 aliphatic heterocycles. The van der Waals surface area contributed by atoms with Gasteiger partial charge < -0.3 is 5.32 Å². The second kappa shape index (κ2) is 7.45. The van der Waals surface area contributed by atoms with Gasteiger partial charge in [0.25, 0.3) is 0 Å². The predicted molar refractivity (Wildman–Crippen MR) is 72.6 cm³/mol. The number of nitrogens with zero attached hydrogens (tertiary/aromatic N) is 1. The molecule has 0 fully saturated rings. The lowest BCUT2D eigenvalue weighted by Crippen LogP contribution is -2.30. The molecule has 0 amide bonds. The first-order valence-corrected chi connectivity index (χ1v) is 7.75. The molecule has 0 aliphatic carbocycles. The molecule has 5 nitrogen and oxygen atoms in total. The maximum Gasteiger partial charge on any atom is 0.211 e.